The molecule has 4 rings (SSSR count). The molecule has 1 aromatic heterocycles. The van der Waals surface area contributed by atoms with Crippen LogP contribution in [0.3, 0.4) is 0 Å². The van der Waals surface area contributed by atoms with Crippen LogP contribution in [0.25, 0.3) is 0 Å². The normalized spacial score (nSPS) is 31.9. The fourth-order valence-electron chi connectivity index (χ4n) is 4.52. The summed E-state index contributed by atoms with van der Waals surface area (Å²) in [7, 11) is 0. The van der Waals surface area contributed by atoms with Crippen LogP contribution in [0.15, 0.2) is 24.5 Å². The average Bonchev–Trinajstić information content (AvgIpc) is 3.26. The van der Waals surface area contributed by atoms with Crippen molar-refractivity contribution in [2.24, 2.45) is 11.8 Å². The maximum atomic E-state index is 12.8. The molecule has 0 radical (unpaired) electrons. The van der Waals surface area contributed by atoms with Crippen LogP contribution in [0.5, 0.6) is 0 Å². The molecule has 3 fully saturated rings. The van der Waals surface area contributed by atoms with Gasteiger partial charge in [-0.3, -0.25) is 14.7 Å². The van der Waals surface area contributed by atoms with Crippen LogP contribution in [0.1, 0.15) is 32.1 Å². The number of ether oxygens (including phenoxy) is 1. The van der Waals surface area contributed by atoms with Crippen molar-refractivity contribution in [3.8, 4) is 0 Å². The van der Waals surface area contributed by atoms with Gasteiger partial charge in [0, 0.05) is 37.9 Å². The number of piperidine rings is 1. The minimum Gasteiger partial charge on any atom is -0.377 e. The van der Waals surface area contributed by atoms with E-state index in [0.29, 0.717) is 12.0 Å². The Morgan fingerprint density at radius 3 is 2.91 bits per heavy atom. The summed E-state index contributed by atoms with van der Waals surface area (Å²) >= 11 is 0. The Bertz CT molecular complexity index is 544. The van der Waals surface area contributed by atoms with E-state index < -0.39 is 0 Å². The van der Waals surface area contributed by atoms with Crippen LogP contribution in [-0.4, -0.2) is 47.6 Å². The van der Waals surface area contributed by atoms with Gasteiger partial charge in [-0.25, -0.2) is 0 Å². The zero-order chi connectivity index (χ0) is 15.6. The quantitative estimate of drug-likeness (QED) is 0.930. The van der Waals surface area contributed by atoms with E-state index in [4.69, 9.17) is 4.74 Å². The third-order valence-corrected chi connectivity index (χ3v) is 5.73. The number of hydrogen-bond donors (Lipinski definition) is 1. The number of anilines is 1. The second-order valence-corrected chi connectivity index (χ2v) is 7.09. The molecule has 124 valence electrons. The SMILES string of the molecule is O=C(Nc1cccnc1)[C@@H]1CN(C2CCCC2)C[C@@H]2OCC[C@@H]21. The highest BCUT2D eigenvalue weighted by molar-refractivity contribution is 5.92. The van der Waals surface area contributed by atoms with Crippen molar-refractivity contribution in [3.63, 3.8) is 0 Å². The van der Waals surface area contributed by atoms with Crippen molar-refractivity contribution in [3.05, 3.63) is 24.5 Å². The molecule has 5 nitrogen and oxygen atoms in total. The molecule has 3 heterocycles. The number of aromatic nitrogens is 1. The fourth-order valence-corrected chi connectivity index (χ4v) is 4.52. The van der Waals surface area contributed by atoms with E-state index in [1.807, 2.05) is 12.1 Å². The molecule has 0 aromatic carbocycles. The Labute approximate surface area is 137 Å². The van der Waals surface area contributed by atoms with Gasteiger partial charge in [0.15, 0.2) is 0 Å². The summed E-state index contributed by atoms with van der Waals surface area (Å²) in [5.74, 6) is 0.516. The van der Waals surface area contributed by atoms with Crippen LogP contribution >= 0.6 is 0 Å². The first-order valence-corrected chi connectivity index (χ1v) is 8.88. The first kappa shape index (κ1) is 15.1. The molecule has 1 amide bonds. The zero-order valence-electron chi connectivity index (χ0n) is 13.5. The van der Waals surface area contributed by atoms with Crippen LogP contribution in [0.4, 0.5) is 5.69 Å². The van der Waals surface area contributed by atoms with E-state index in [9.17, 15) is 4.79 Å². The topological polar surface area (TPSA) is 54.5 Å². The average molecular weight is 315 g/mol. The van der Waals surface area contributed by atoms with Gasteiger partial charge in [-0.2, -0.15) is 0 Å². The number of nitrogens with zero attached hydrogens (tertiary/aromatic N) is 2. The largest absolute Gasteiger partial charge is 0.377 e. The van der Waals surface area contributed by atoms with Crippen LogP contribution < -0.4 is 5.32 Å². The van der Waals surface area contributed by atoms with E-state index in [1.54, 1.807) is 12.4 Å². The fraction of sp³-hybridized carbons (Fsp3) is 0.667. The van der Waals surface area contributed by atoms with Gasteiger partial charge in [0.1, 0.15) is 0 Å². The summed E-state index contributed by atoms with van der Waals surface area (Å²) in [5.41, 5.74) is 0.783. The number of rotatable bonds is 3. The molecule has 1 saturated carbocycles. The van der Waals surface area contributed by atoms with Crippen molar-refractivity contribution in [2.45, 2.75) is 44.2 Å². The highest BCUT2D eigenvalue weighted by atomic mass is 16.5. The second kappa shape index (κ2) is 6.57. The predicted octanol–water partition coefficient (Wildman–Crippen LogP) is 2.30. The van der Waals surface area contributed by atoms with Gasteiger partial charge in [0.05, 0.1) is 23.9 Å². The van der Waals surface area contributed by atoms with E-state index in [2.05, 4.69) is 15.2 Å². The molecule has 0 spiro atoms. The van der Waals surface area contributed by atoms with Gasteiger partial charge in [0.25, 0.3) is 0 Å². The number of amides is 1. The second-order valence-electron chi connectivity index (χ2n) is 7.09. The van der Waals surface area contributed by atoms with Crippen molar-refractivity contribution < 1.29 is 9.53 Å². The number of carbonyl (C=O) groups excluding carboxylic acids is 1. The van der Waals surface area contributed by atoms with Crippen molar-refractivity contribution in [2.75, 3.05) is 25.0 Å². The maximum absolute atomic E-state index is 12.8. The number of pyridine rings is 1. The number of nitrogens with one attached hydrogen (secondary N) is 1. The Balaban J connectivity index is 1.48. The molecule has 2 aliphatic heterocycles. The van der Waals surface area contributed by atoms with Crippen LogP contribution in [0, 0.1) is 11.8 Å². The lowest BCUT2D eigenvalue weighted by molar-refractivity contribution is -0.126. The molecule has 0 unspecified atom stereocenters. The van der Waals surface area contributed by atoms with Gasteiger partial charge in [0.2, 0.25) is 5.91 Å². The van der Waals surface area contributed by atoms with Gasteiger partial charge >= 0.3 is 0 Å². The third kappa shape index (κ3) is 3.12. The summed E-state index contributed by atoms with van der Waals surface area (Å²) < 4.78 is 5.94. The molecule has 1 aromatic rings. The standard InChI is InChI=1S/C18H25N3O2/c22-18(20-13-4-3-8-19-10-13)16-11-21(14-5-1-2-6-14)12-17-15(16)7-9-23-17/h3-4,8,10,14-17H,1-2,5-7,9,11-12H2,(H,20,22)/t15-,16-,17+/m1/s1. The molecular weight excluding hydrogens is 290 g/mol. The lowest BCUT2D eigenvalue weighted by Crippen LogP contribution is -2.54. The molecule has 5 heteroatoms. The molecule has 3 atom stereocenters. The molecule has 23 heavy (non-hydrogen) atoms. The van der Waals surface area contributed by atoms with Crippen molar-refractivity contribution in [1.82, 2.24) is 9.88 Å². The summed E-state index contributed by atoms with van der Waals surface area (Å²) in [5, 5.41) is 3.05. The van der Waals surface area contributed by atoms with Gasteiger partial charge in [-0.05, 0) is 31.4 Å². The van der Waals surface area contributed by atoms with Crippen molar-refractivity contribution >= 4 is 11.6 Å². The Morgan fingerprint density at radius 1 is 1.26 bits per heavy atom. The monoisotopic (exact) mass is 315 g/mol. The number of likely N-dealkylation sites (tertiary alicyclic amines) is 1. The maximum Gasteiger partial charge on any atom is 0.229 e. The highest BCUT2D eigenvalue weighted by Gasteiger charge is 2.45. The van der Waals surface area contributed by atoms with Crippen LogP contribution in [-0.2, 0) is 9.53 Å². The molecule has 3 aliphatic rings. The Hall–Kier alpha value is -1.46. The summed E-state index contributed by atoms with van der Waals surface area (Å²) in [6, 6.07) is 4.39. The lowest BCUT2D eigenvalue weighted by atomic mass is 9.81. The number of carbonyl (C=O) groups is 1. The smallest absolute Gasteiger partial charge is 0.229 e. The molecule has 1 N–H and O–H groups in total. The zero-order valence-corrected chi connectivity index (χ0v) is 13.5. The summed E-state index contributed by atoms with van der Waals surface area (Å²) in [6.07, 6.45) is 9.85. The molecular formula is C18H25N3O2. The van der Waals surface area contributed by atoms with E-state index >= 15 is 0 Å². The van der Waals surface area contributed by atoms with Crippen LogP contribution in [0.2, 0.25) is 0 Å². The minimum absolute atomic E-state index is 0.0251. The van der Waals surface area contributed by atoms with Crippen molar-refractivity contribution in [1.29, 1.82) is 0 Å². The minimum atomic E-state index is 0.0251. The first-order chi connectivity index (χ1) is 11.3. The number of fused-ring (bicyclic) bond motifs is 1. The number of hydrogen-bond acceptors (Lipinski definition) is 4. The first-order valence-electron chi connectivity index (χ1n) is 8.88. The van der Waals surface area contributed by atoms with E-state index in [-0.39, 0.29) is 17.9 Å². The Kier molecular flexibility index (Phi) is 4.31. The van der Waals surface area contributed by atoms with Gasteiger partial charge in [-0.15, -0.1) is 0 Å². The van der Waals surface area contributed by atoms with Gasteiger partial charge < -0.3 is 10.1 Å². The summed E-state index contributed by atoms with van der Waals surface area (Å²) in [4.78, 5) is 19.4. The molecule has 1 aliphatic carbocycles. The van der Waals surface area contributed by atoms with E-state index in [1.165, 1.54) is 25.7 Å². The summed E-state index contributed by atoms with van der Waals surface area (Å²) in [6.45, 7) is 2.68. The molecule has 0 bridgehead atoms. The highest BCUT2D eigenvalue weighted by Crippen LogP contribution is 2.37. The third-order valence-electron chi connectivity index (χ3n) is 5.73. The van der Waals surface area contributed by atoms with E-state index in [0.717, 1.165) is 31.8 Å². The molecule has 2 saturated heterocycles. The predicted molar refractivity (Wildman–Crippen MR) is 88.0 cm³/mol. The van der Waals surface area contributed by atoms with Gasteiger partial charge in [-0.1, -0.05) is 12.8 Å². The Morgan fingerprint density at radius 2 is 2.13 bits per heavy atom. The lowest BCUT2D eigenvalue weighted by Gasteiger charge is -2.42.